The Morgan fingerprint density at radius 3 is 2.46 bits per heavy atom. The van der Waals surface area contributed by atoms with Crippen LogP contribution in [0.25, 0.3) is 11.3 Å². The number of nitrogens with one attached hydrogen (secondary N) is 1. The minimum atomic E-state index is -4.56. The van der Waals surface area contributed by atoms with Crippen LogP contribution in [0.1, 0.15) is 21.7 Å². The molecule has 0 saturated carbocycles. The molecule has 8 heteroatoms. The first-order valence-corrected chi connectivity index (χ1v) is 8.12. The van der Waals surface area contributed by atoms with E-state index in [1.807, 2.05) is 0 Å². The molecule has 1 amide bonds. The molecule has 0 bridgehead atoms. The van der Waals surface area contributed by atoms with Crippen molar-refractivity contribution in [3.8, 4) is 11.3 Å². The topological polar surface area (TPSA) is 79.5 Å². The van der Waals surface area contributed by atoms with Crippen LogP contribution >= 0.6 is 0 Å². The molecule has 5 nitrogen and oxygen atoms in total. The summed E-state index contributed by atoms with van der Waals surface area (Å²) in [5.41, 5.74) is -0.197. The summed E-state index contributed by atoms with van der Waals surface area (Å²) in [6.07, 6.45) is -4.76. The van der Waals surface area contributed by atoms with Crippen molar-refractivity contribution in [2.75, 3.05) is 5.32 Å². The molecular weight excluding hydrogens is 375 g/mol. The Bertz CT molecular complexity index is 1020. The minimum absolute atomic E-state index is 0.0855. The van der Waals surface area contributed by atoms with E-state index in [-0.39, 0.29) is 23.5 Å². The molecule has 0 aliphatic carbocycles. The lowest BCUT2D eigenvalue weighted by Crippen LogP contribution is -2.11. The van der Waals surface area contributed by atoms with E-state index in [1.165, 1.54) is 36.4 Å². The zero-order valence-electron chi connectivity index (χ0n) is 14.3. The van der Waals surface area contributed by atoms with Gasteiger partial charge in [-0.05, 0) is 35.9 Å². The molecule has 1 heterocycles. The van der Waals surface area contributed by atoms with Crippen LogP contribution in [0.15, 0.2) is 65.1 Å². The number of amides is 1. The lowest BCUT2D eigenvalue weighted by Gasteiger charge is -2.10. The maximum Gasteiger partial charge on any atom is 0.417 e. The second-order valence-corrected chi connectivity index (χ2v) is 5.93. The Morgan fingerprint density at radius 1 is 1.00 bits per heavy atom. The summed E-state index contributed by atoms with van der Waals surface area (Å²) in [4.78, 5) is 23.1. The third-order valence-electron chi connectivity index (χ3n) is 3.87. The molecule has 2 aromatic carbocycles. The molecule has 0 fully saturated rings. The number of carboxylic acids is 1. The summed E-state index contributed by atoms with van der Waals surface area (Å²) in [5, 5.41) is 11.4. The molecule has 144 valence electrons. The number of aliphatic carboxylic acids is 1. The number of alkyl halides is 3. The van der Waals surface area contributed by atoms with E-state index < -0.39 is 23.6 Å². The summed E-state index contributed by atoms with van der Waals surface area (Å²) in [5.74, 6) is -1.93. The fraction of sp³-hybridized carbons (Fsp3) is 0.100. The minimum Gasteiger partial charge on any atom is -0.481 e. The zero-order valence-corrected chi connectivity index (χ0v) is 14.3. The highest BCUT2D eigenvalue weighted by Gasteiger charge is 2.34. The predicted molar refractivity (Wildman–Crippen MR) is 94.9 cm³/mol. The van der Waals surface area contributed by atoms with Crippen LogP contribution in [0.5, 0.6) is 0 Å². The lowest BCUT2D eigenvalue weighted by atomic mass is 10.1. The van der Waals surface area contributed by atoms with Gasteiger partial charge >= 0.3 is 12.1 Å². The second-order valence-electron chi connectivity index (χ2n) is 5.93. The Labute approximate surface area is 157 Å². The van der Waals surface area contributed by atoms with Crippen LogP contribution < -0.4 is 5.32 Å². The molecule has 28 heavy (non-hydrogen) atoms. The molecule has 0 atom stereocenters. The van der Waals surface area contributed by atoms with Crippen LogP contribution in [0.2, 0.25) is 0 Å². The molecule has 0 saturated heterocycles. The van der Waals surface area contributed by atoms with Gasteiger partial charge in [0.2, 0.25) is 0 Å². The van der Waals surface area contributed by atoms with E-state index in [4.69, 9.17) is 9.52 Å². The van der Waals surface area contributed by atoms with Crippen molar-refractivity contribution in [1.82, 2.24) is 0 Å². The summed E-state index contributed by atoms with van der Waals surface area (Å²) >= 11 is 0. The molecule has 0 unspecified atom stereocenters. The Morgan fingerprint density at radius 2 is 1.75 bits per heavy atom. The highest BCUT2D eigenvalue weighted by atomic mass is 19.4. The maximum atomic E-state index is 13.2. The van der Waals surface area contributed by atoms with E-state index in [9.17, 15) is 22.8 Å². The van der Waals surface area contributed by atoms with Gasteiger partial charge in [-0.1, -0.05) is 30.3 Å². The molecule has 0 aliphatic heterocycles. The smallest absolute Gasteiger partial charge is 0.417 e. The normalized spacial score (nSPS) is 11.2. The van der Waals surface area contributed by atoms with Crippen LogP contribution in [-0.4, -0.2) is 17.0 Å². The van der Waals surface area contributed by atoms with E-state index >= 15 is 0 Å². The van der Waals surface area contributed by atoms with Gasteiger partial charge in [0.1, 0.15) is 5.76 Å². The fourth-order valence-corrected chi connectivity index (χ4v) is 2.68. The van der Waals surface area contributed by atoms with Crippen LogP contribution in [0.4, 0.5) is 18.9 Å². The second kappa shape index (κ2) is 7.59. The predicted octanol–water partition coefficient (Wildman–Crippen LogP) is 4.84. The molecular formula is C20H14F3NO4. The van der Waals surface area contributed by atoms with Crippen molar-refractivity contribution in [3.63, 3.8) is 0 Å². The van der Waals surface area contributed by atoms with Crippen molar-refractivity contribution < 1.29 is 32.3 Å². The number of carbonyl (C=O) groups is 2. The van der Waals surface area contributed by atoms with Gasteiger partial charge < -0.3 is 14.8 Å². The Balaban J connectivity index is 1.82. The van der Waals surface area contributed by atoms with Gasteiger partial charge in [0.05, 0.1) is 12.0 Å². The van der Waals surface area contributed by atoms with Crippen molar-refractivity contribution in [2.45, 2.75) is 12.6 Å². The van der Waals surface area contributed by atoms with Crippen LogP contribution in [0, 0.1) is 0 Å². The average molecular weight is 389 g/mol. The Kier molecular flexibility index (Phi) is 5.21. The average Bonchev–Trinajstić information content (AvgIpc) is 3.11. The number of benzene rings is 2. The third kappa shape index (κ3) is 4.40. The first-order chi connectivity index (χ1) is 13.2. The number of carbonyl (C=O) groups excluding carboxylic acids is 1. The van der Waals surface area contributed by atoms with E-state index in [1.54, 1.807) is 18.2 Å². The molecule has 3 rings (SSSR count). The first-order valence-electron chi connectivity index (χ1n) is 8.12. The molecule has 0 aliphatic rings. The van der Waals surface area contributed by atoms with Gasteiger partial charge in [-0.3, -0.25) is 9.59 Å². The molecule has 0 spiro atoms. The number of furan rings is 1. The summed E-state index contributed by atoms with van der Waals surface area (Å²) in [7, 11) is 0. The van der Waals surface area contributed by atoms with Crippen molar-refractivity contribution in [2.24, 2.45) is 0 Å². The number of hydrogen-bond donors (Lipinski definition) is 2. The van der Waals surface area contributed by atoms with E-state index in [2.05, 4.69) is 5.32 Å². The number of hydrogen-bond acceptors (Lipinski definition) is 3. The van der Waals surface area contributed by atoms with Gasteiger partial charge in [-0.15, -0.1) is 0 Å². The zero-order chi connectivity index (χ0) is 20.3. The summed E-state index contributed by atoms with van der Waals surface area (Å²) < 4.78 is 44.8. The van der Waals surface area contributed by atoms with Gasteiger partial charge in [-0.25, -0.2) is 0 Å². The largest absolute Gasteiger partial charge is 0.481 e. The van der Waals surface area contributed by atoms with Crippen molar-refractivity contribution in [1.29, 1.82) is 0 Å². The van der Waals surface area contributed by atoms with Gasteiger partial charge in [0.15, 0.2) is 5.76 Å². The van der Waals surface area contributed by atoms with Gasteiger partial charge in [0, 0.05) is 11.3 Å². The highest BCUT2D eigenvalue weighted by molar-refractivity contribution is 6.02. The molecule has 2 N–H and O–H groups in total. The fourth-order valence-electron chi connectivity index (χ4n) is 2.68. The highest BCUT2D eigenvalue weighted by Crippen LogP contribution is 2.37. The van der Waals surface area contributed by atoms with Crippen LogP contribution in [-0.2, 0) is 17.4 Å². The maximum absolute atomic E-state index is 13.2. The number of halogens is 3. The van der Waals surface area contributed by atoms with Gasteiger partial charge in [-0.2, -0.15) is 13.2 Å². The first kappa shape index (κ1) is 19.2. The van der Waals surface area contributed by atoms with Crippen molar-refractivity contribution >= 4 is 17.6 Å². The summed E-state index contributed by atoms with van der Waals surface area (Å²) in [6, 6.07) is 13.7. The standard InChI is InChI=1S/C20H14F3NO4/c21-20(22,23)15-7-2-1-6-14(15)16-8-9-17(28-16)19(27)24-13-5-3-4-12(10-13)11-18(25)26/h1-10H,11H2,(H,24,27)(H,25,26). The quantitative estimate of drug-likeness (QED) is 0.654. The number of rotatable bonds is 5. The molecule has 3 aromatic rings. The van der Waals surface area contributed by atoms with Gasteiger partial charge in [0.25, 0.3) is 5.91 Å². The van der Waals surface area contributed by atoms with E-state index in [0.29, 0.717) is 11.3 Å². The number of carboxylic acid groups (broad SMARTS) is 1. The monoisotopic (exact) mass is 389 g/mol. The summed E-state index contributed by atoms with van der Waals surface area (Å²) in [6.45, 7) is 0. The van der Waals surface area contributed by atoms with Crippen molar-refractivity contribution in [3.05, 3.63) is 77.6 Å². The SMILES string of the molecule is O=C(O)Cc1cccc(NC(=O)c2ccc(-c3ccccc3C(F)(F)F)o2)c1. The Hall–Kier alpha value is -3.55. The third-order valence-corrected chi connectivity index (χ3v) is 3.87. The molecule has 0 radical (unpaired) electrons. The van der Waals surface area contributed by atoms with Crippen LogP contribution in [0.3, 0.4) is 0 Å². The van der Waals surface area contributed by atoms with E-state index in [0.717, 1.165) is 6.07 Å². The number of anilines is 1. The lowest BCUT2D eigenvalue weighted by molar-refractivity contribution is -0.137. The molecule has 1 aromatic heterocycles.